The van der Waals surface area contributed by atoms with E-state index in [0.29, 0.717) is 37.9 Å². The number of hydrogen-bond donors (Lipinski definition) is 1. The van der Waals surface area contributed by atoms with Crippen LogP contribution in [0.5, 0.6) is 0 Å². The highest BCUT2D eigenvalue weighted by Gasteiger charge is 2.24. The Morgan fingerprint density at radius 2 is 1.44 bits per heavy atom. The van der Waals surface area contributed by atoms with Crippen molar-refractivity contribution >= 4 is 17.5 Å². The molecule has 0 aliphatic carbocycles. The molecule has 142 valence electrons. The summed E-state index contributed by atoms with van der Waals surface area (Å²) in [6.45, 7) is 1.75. The topological polar surface area (TPSA) is 52.7 Å². The maximum atomic E-state index is 13.3. The summed E-state index contributed by atoms with van der Waals surface area (Å²) in [7, 11) is 0. The summed E-state index contributed by atoms with van der Waals surface area (Å²) in [5.41, 5.74) is 0.471. The van der Waals surface area contributed by atoms with Gasteiger partial charge in [-0.15, -0.1) is 0 Å². The lowest BCUT2D eigenvalue weighted by molar-refractivity contribution is -0.117. The molecule has 0 spiro atoms. The molecule has 0 atom stereocenters. The van der Waals surface area contributed by atoms with Crippen LogP contribution in [0.2, 0.25) is 0 Å². The molecule has 5 nitrogen and oxygen atoms in total. The number of piperazine rings is 1. The van der Waals surface area contributed by atoms with Gasteiger partial charge in [-0.1, -0.05) is 0 Å². The van der Waals surface area contributed by atoms with E-state index < -0.39 is 17.5 Å². The van der Waals surface area contributed by atoms with Gasteiger partial charge in [-0.3, -0.25) is 14.5 Å². The highest BCUT2D eigenvalue weighted by atomic mass is 19.1. The molecule has 0 aromatic heterocycles. The summed E-state index contributed by atoms with van der Waals surface area (Å²) in [5, 5.41) is 2.68. The van der Waals surface area contributed by atoms with E-state index in [9.17, 15) is 22.8 Å². The number of benzene rings is 2. The van der Waals surface area contributed by atoms with Crippen molar-refractivity contribution in [2.75, 3.05) is 38.0 Å². The van der Waals surface area contributed by atoms with Gasteiger partial charge in [0.25, 0.3) is 5.91 Å². The van der Waals surface area contributed by atoms with E-state index in [2.05, 4.69) is 5.32 Å². The van der Waals surface area contributed by atoms with Crippen molar-refractivity contribution < 1.29 is 22.8 Å². The molecule has 1 saturated heterocycles. The zero-order chi connectivity index (χ0) is 19.4. The van der Waals surface area contributed by atoms with E-state index >= 15 is 0 Å². The minimum absolute atomic E-state index is 0.0324. The molecule has 8 heteroatoms. The van der Waals surface area contributed by atoms with Crippen LogP contribution in [0.1, 0.15) is 10.4 Å². The summed E-state index contributed by atoms with van der Waals surface area (Å²) in [4.78, 5) is 27.8. The van der Waals surface area contributed by atoms with E-state index in [-0.39, 0.29) is 23.8 Å². The Balaban J connectivity index is 1.50. The number of rotatable bonds is 4. The van der Waals surface area contributed by atoms with Crippen molar-refractivity contribution in [2.24, 2.45) is 0 Å². The fraction of sp³-hybridized carbons (Fsp3) is 0.263. The number of halogens is 3. The van der Waals surface area contributed by atoms with Crippen molar-refractivity contribution in [3.05, 3.63) is 65.5 Å². The van der Waals surface area contributed by atoms with Gasteiger partial charge in [0.15, 0.2) is 0 Å². The third-order valence-electron chi connectivity index (χ3n) is 4.26. The van der Waals surface area contributed by atoms with E-state index in [1.165, 1.54) is 29.2 Å². The van der Waals surface area contributed by atoms with E-state index in [0.717, 1.165) is 12.1 Å². The van der Waals surface area contributed by atoms with Gasteiger partial charge in [-0.25, -0.2) is 13.2 Å². The second-order valence-corrected chi connectivity index (χ2v) is 6.28. The van der Waals surface area contributed by atoms with Crippen molar-refractivity contribution in [1.29, 1.82) is 0 Å². The Morgan fingerprint density at radius 1 is 0.852 bits per heavy atom. The van der Waals surface area contributed by atoms with Crippen molar-refractivity contribution in [3.8, 4) is 0 Å². The Morgan fingerprint density at radius 3 is 2.04 bits per heavy atom. The predicted molar refractivity (Wildman–Crippen MR) is 93.7 cm³/mol. The fourth-order valence-electron chi connectivity index (χ4n) is 2.91. The molecule has 0 unspecified atom stereocenters. The van der Waals surface area contributed by atoms with Crippen LogP contribution in [0.15, 0.2) is 42.5 Å². The molecule has 0 saturated carbocycles. The first-order valence-electron chi connectivity index (χ1n) is 8.44. The SMILES string of the molecule is O=C(CN1CCN(C(=O)c2cc(F)cc(F)c2)CC1)Nc1ccc(F)cc1. The number of nitrogens with zero attached hydrogens (tertiary/aromatic N) is 2. The van der Waals surface area contributed by atoms with Gasteiger partial charge in [0.2, 0.25) is 5.91 Å². The fourth-order valence-corrected chi connectivity index (χ4v) is 2.91. The van der Waals surface area contributed by atoms with Crippen molar-refractivity contribution in [2.45, 2.75) is 0 Å². The molecule has 0 bridgehead atoms. The highest BCUT2D eigenvalue weighted by molar-refractivity contribution is 5.94. The monoisotopic (exact) mass is 377 g/mol. The van der Waals surface area contributed by atoms with Gasteiger partial charge in [-0.05, 0) is 36.4 Å². The molecule has 0 radical (unpaired) electrons. The zero-order valence-electron chi connectivity index (χ0n) is 14.4. The van der Waals surface area contributed by atoms with Crippen LogP contribution in [0.3, 0.4) is 0 Å². The summed E-state index contributed by atoms with van der Waals surface area (Å²) < 4.78 is 39.4. The van der Waals surface area contributed by atoms with Crippen molar-refractivity contribution in [1.82, 2.24) is 9.80 Å². The van der Waals surface area contributed by atoms with Gasteiger partial charge < -0.3 is 10.2 Å². The summed E-state index contributed by atoms with van der Waals surface area (Å²) in [6.07, 6.45) is 0. The lowest BCUT2D eigenvalue weighted by Gasteiger charge is -2.34. The molecule has 1 N–H and O–H groups in total. The Bertz CT molecular complexity index is 814. The van der Waals surface area contributed by atoms with Gasteiger partial charge in [0.05, 0.1) is 6.54 Å². The van der Waals surface area contributed by atoms with E-state index in [1.54, 1.807) is 0 Å². The van der Waals surface area contributed by atoms with Crippen molar-refractivity contribution in [3.63, 3.8) is 0 Å². The Hall–Kier alpha value is -2.87. The standard InChI is InChI=1S/C19H18F3N3O2/c20-14-1-3-17(4-2-14)23-18(26)12-24-5-7-25(8-6-24)19(27)13-9-15(21)11-16(22)10-13/h1-4,9-11H,5-8,12H2,(H,23,26). The number of anilines is 1. The molecule has 1 aliphatic heterocycles. The van der Waals surface area contributed by atoms with Crippen LogP contribution >= 0.6 is 0 Å². The Labute approximate surface area is 154 Å². The van der Waals surface area contributed by atoms with Crippen LogP contribution in [-0.2, 0) is 4.79 Å². The first kappa shape index (κ1) is 18.9. The molecule has 2 aromatic rings. The molecule has 1 heterocycles. The average molecular weight is 377 g/mol. The summed E-state index contributed by atoms with van der Waals surface area (Å²) >= 11 is 0. The average Bonchev–Trinajstić information content (AvgIpc) is 2.63. The van der Waals surface area contributed by atoms with Crippen LogP contribution in [0.4, 0.5) is 18.9 Å². The van der Waals surface area contributed by atoms with Gasteiger partial charge in [-0.2, -0.15) is 0 Å². The first-order chi connectivity index (χ1) is 12.9. The largest absolute Gasteiger partial charge is 0.336 e. The molecule has 27 heavy (non-hydrogen) atoms. The lowest BCUT2D eigenvalue weighted by atomic mass is 10.1. The van der Waals surface area contributed by atoms with E-state index in [4.69, 9.17) is 0 Å². The second-order valence-electron chi connectivity index (χ2n) is 6.28. The minimum Gasteiger partial charge on any atom is -0.336 e. The van der Waals surface area contributed by atoms with Gasteiger partial charge in [0, 0.05) is 43.5 Å². The molecular weight excluding hydrogens is 359 g/mol. The summed E-state index contributed by atoms with van der Waals surface area (Å²) in [5.74, 6) is -2.66. The highest BCUT2D eigenvalue weighted by Crippen LogP contribution is 2.13. The van der Waals surface area contributed by atoms with Gasteiger partial charge >= 0.3 is 0 Å². The van der Waals surface area contributed by atoms with Crippen LogP contribution in [0, 0.1) is 17.5 Å². The smallest absolute Gasteiger partial charge is 0.254 e. The molecule has 3 rings (SSSR count). The number of carbonyl (C=O) groups is 2. The number of amides is 2. The maximum absolute atomic E-state index is 13.3. The minimum atomic E-state index is -0.797. The van der Waals surface area contributed by atoms with Gasteiger partial charge in [0.1, 0.15) is 17.5 Å². The number of hydrogen-bond acceptors (Lipinski definition) is 3. The lowest BCUT2D eigenvalue weighted by Crippen LogP contribution is -2.50. The predicted octanol–water partition coefficient (Wildman–Crippen LogP) is 2.50. The van der Waals surface area contributed by atoms with E-state index in [1.807, 2.05) is 4.90 Å². The van der Waals surface area contributed by atoms with Crippen LogP contribution in [-0.4, -0.2) is 54.3 Å². The maximum Gasteiger partial charge on any atom is 0.254 e. The first-order valence-corrected chi connectivity index (χ1v) is 8.44. The second kappa shape index (κ2) is 8.22. The third kappa shape index (κ3) is 5.07. The van der Waals surface area contributed by atoms with Crippen LogP contribution < -0.4 is 5.32 Å². The molecule has 1 fully saturated rings. The molecule has 2 aromatic carbocycles. The molecular formula is C19H18F3N3O2. The van der Waals surface area contributed by atoms with Crippen LogP contribution in [0.25, 0.3) is 0 Å². The number of nitrogens with one attached hydrogen (secondary N) is 1. The molecule has 1 aliphatic rings. The Kier molecular flexibility index (Phi) is 5.75. The normalized spacial score (nSPS) is 14.9. The quantitative estimate of drug-likeness (QED) is 0.891. The zero-order valence-corrected chi connectivity index (χ0v) is 14.4. The number of carbonyl (C=O) groups excluding carboxylic acids is 2. The third-order valence-corrected chi connectivity index (χ3v) is 4.26. The summed E-state index contributed by atoms with van der Waals surface area (Å²) in [6, 6.07) is 8.20. The molecule has 2 amide bonds.